The lowest BCUT2D eigenvalue weighted by atomic mass is 10.1. The van der Waals surface area contributed by atoms with Crippen molar-refractivity contribution in [2.24, 2.45) is 0 Å². The molecule has 6 heteroatoms. The number of unbranched alkanes of at least 4 members (excludes halogenated alkanes) is 16. The van der Waals surface area contributed by atoms with E-state index in [0.717, 1.165) is 141 Å². The van der Waals surface area contributed by atoms with Crippen molar-refractivity contribution in [3.63, 3.8) is 0 Å². The summed E-state index contributed by atoms with van der Waals surface area (Å²) in [5.74, 6) is -1.03. The van der Waals surface area contributed by atoms with Crippen LogP contribution in [0.4, 0.5) is 0 Å². The van der Waals surface area contributed by atoms with E-state index in [2.05, 4.69) is 179 Å². The normalized spacial score (nSPS) is 13.2. The lowest BCUT2D eigenvalue weighted by molar-refractivity contribution is -0.167. The van der Waals surface area contributed by atoms with Crippen LogP contribution in [0.3, 0.4) is 0 Å². The third-order valence-electron chi connectivity index (χ3n) is 12.2. The molecular weight excluding hydrogens is 937 g/mol. The molecule has 0 N–H and O–H groups in total. The monoisotopic (exact) mass is 1050 g/mol. The van der Waals surface area contributed by atoms with E-state index < -0.39 is 6.10 Å². The number of hydrogen-bond donors (Lipinski definition) is 0. The van der Waals surface area contributed by atoms with Gasteiger partial charge in [0, 0.05) is 19.3 Å². The molecule has 0 saturated heterocycles. The molecule has 0 aromatic heterocycles. The maximum absolute atomic E-state index is 12.9. The van der Waals surface area contributed by atoms with E-state index >= 15 is 0 Å². The van der Waals surface area contributed by atoms with E-state index in [0.29, 0.717) is 19.3 Å². The van der Waals surface area contributed by atoms with Crippen LogP contribution < -0.4 is 0 Å². The van der Waals surface area contributed by atoms with Crippen LogP contribution in [0.5, 0.6) is 0 Å². The SMILES string of the molecule is CC/C=C\C/C=C\C/C=C\C/C=C\C/C=C\C/C=C\C/C=C\CCCCCC(=O)OCC(COC(=O)CCCCCCC/C=C\CCCCCCCCC)OC(=O)CCC/C=C\C/C=C\C/C=C\C/C=C\C/C=C\CC. The molecule has 0 amide bonds. The van der Waals surface area contributed by atoms with Gasteiger partial charge in [-0.3, -0.25) is 14.4 Å². The zero-order chi connectivity index (χ0) is 55.0. The molecule has 0 aromatic carbocycles. The fraction of sp³-hybridized carbons (Fsp3) is 0.586. The minimum atomic E-state index is -0.834. The van der Waals surface area contributed by atoms with Gasteiger partial charge in [-0.1, -0.05) is 243 Å². The molecule has 426 valence electrons. The number of carbonyl (C=O) groups excluding carboxylic acids is 3. The first-order valence-electron chi connectivity index (χ1n) is 30.5. The smallest absolute Gasteiger partial charge is 0.306 e. The van der Waals surface area contributed by atoms with Gasteiger partial charge in [-0.25, -0.2) is 0 Å². The first-order valence-corrected chi connectivity index (χ1v) is 30.5. The van der Waals surface area contributed by atoms with Gasteiger partial charge in [-0.2, -0.15) is 0 Å². The second-order valence-corrected chi connectivity index (χ2v) is 19.5. The number of allylic oxidation sites excluding steroid dienone is 26. The minimum absolute atomic E-state index is 0.122. The van der Waals surface area contributed by atoms with Gasteiger partial charge in [0.15, 0.2) is 6.10 Å². The Labute approximate surface area is 467 Å². The highest BCUT2D eigenvalue weighted by Gasteiger charge is 2.19. The van der Waals surface area contributed by atoms with Crippen molar-refractivity contribution in [2.45, 2.75) is 252 Å². The summed E-state index contributed by atoms with van der Waals surface area (Å²) in [6.07, 6.45) is 91.0. The van der Waals surface area contributed by atoms with E-state index in [4.69, 9.17) is 14.2 Å². The Morgan fingerprint density at radius 1 is 0.276 bits per heavy atom. The minimum Gasteiger partial charge on any atom is -0.462 e. The van der Waals surface area contributed by atoms with Crippen LogP contribution >= 0.6 is 0 Å². The van der Waals surface area contributed by atoms with Crippen molar-refractivity contribution >= 4 is 17.9 Å². The van der Waals surface area contributed by atoms with Crippen LogP contribution in [0.2, 0.25) is 0 Å². The third-order valence-corrected chi connectivity index (χ3v) is 12.2. The third kappa shape index (κ3) is 59.9. The Morgan fingerprint density at radius 2 is 0.526 bits per heavy atom. The van der Waals surface area contributed by atoms with Crippen molar-refractivity contribution in [1.82, 2.24) is 0 Å². The Morgan fingerprint density at radius 3 is 0.868 bits per heavy atom. The second-order valence-electron chi connectivity index (χ2n) is 19.5. The van der Waals surface area contributed by atoms with Gasteiger partial charge in [-0.05, 0) is 141 Å². The molecule has 0 heterocycles. The molecule has 0 rings (SSSR count). The van der Waals surface area contributed by atoms with E-state index in [9.17, 15) is 14.4 Å². The second kappa shape index (κ2) is 62.6. The maximum atomic E-state index is 12.9. The summed E-state index contributed by atoms with van der Waals surface area (Å²) in [5.41, 5.74) is 0. The standard InChI is InChI=1S/C70H110O6/c1-4-7-10-13-16-19-22-25-28-31-32-33-34-35-36-37-38-40-42-45-48-51-54-57-60-63-69(72)75-66-67(65-74-68(71)62-59-56-53-50-47-44-41-30-27-24-21-18-15-12-9-6-3)76-70(73)64-61-58-55-52-49-46-43-39-29-26-23-20-17-14-11-8-5-2/h7-8,10-11,16-17,19-20,25-26,28-30,32-33,35-36,38,40-41,43,45-46,48,52,55,67H,4-6,9,12-15,18,21-24,27,31,34,37,39,42,44,47,49-51,53-54,56-66H2,1-3H3/b10-7-,11-8-,19-16-,20-17-,28-25-,29-26-,33-32-,36-35-,40-38-,41-30-,46-43-,48-45-,55-52-. The maximum Gasteiger partial charge on any atom is 0.306 e. The first-order chi connectivity index (χ1) is 37.5. The topological polar surface area (TPSA) is 78.9 Å². The fourth-order valence-electron chi connectivity index (χ4n) is 7.75. The summed E-state index contributed by atoms with van der Waals surface area (Å²) in [6, 6.07) is 0. The number of rotatable bonds is 53. The van der Waals surface area contributed by atoms with Gasteiger partial charge in [0.25, 0.3) is 0 Å². The van der Waals surface area contributed by atoms with Gasteiger partial charge in [-0.15, -0.1) is 0 Å². The Hall–Kier alpha value is -4.97. The molecule has 0 aliphatic heterocycles. The highest BCUT2D eigenvalue weighted by atomic mass is 16.6. The van der Waals surface area contributed by atoms with Gasteiger partial charge in [0.2, 0.25) is 0 Å². The molecule has 0 aliphatic rings. The molecule has 0 spiro atoms. The average Bonchev–Trinajstić information content (AvgIpc) is 3.42. The van der Waals surface area contributed by atoms with Gasteiger partial charge in [0.1, 0.15) is 13.2 Å². The number of ether oxygens (including phenoxy) is 3. The van der Waals surface area contributed by atoms with Crippen LogP contribution in [0.1, 0.15) is 245 Å². The molecule has 0 fully saturated rings. The zero-order valence-corrected chi connectivity index (χ0v) is 48.7. The Balaban J connectivity index is 4.55. The number of hydrogen-bond acceptors (Lipinski definition) is 6. The van der Waals surface area contributed by atoms with E-state index in [1.165, 1.54) is 57.8 Å². The molecule has 0 bridgehead atoms. The molecule has 0 aromatic rings. The summed E-state index contributed by atoms with van der Waals surface area (Å²) < 4.78 is 16.8. The quantitative estimate of drug-likeness (QED) is 0.0261. The highest BCUT2D eigenvalue weighted by molar-refractivity contribution is 5.71. The lowest BCUT2D eigenvalue weighted by Gasteiger charge is -2.18. The highest BCUT2D eigenvalue weighted by Crippen LogP contribution is 2.13. The van der Waals surface area contributed by atoms with Gasteiger partial charge < -0.3 is 14.2 Å². The van der Waals surface area contributed by atoms with Crippen LogP contribution in [0.25, 0.3) is 0 Å². The summed E-state index contributed by atoms with van der Waals surface area (Å²) >= 11 is 0. The van der Waals surface area contributed by atoms with Crippen molar-refractivity contribution in [1.29, 1.82) is 0 Å². The van der Waals surface area contributed by atoms with Gasteiger partial charge >= 0.3 is 17.9 Å². The number of carbonyl (C=O) groups is 3. The molecule has 0 radical (unpaired) electrons. The zero-order valence-electron chi connectivity index (χ0n) is 48.7. The predicted octanol–water partition coefficient (Wildman–Crippen LogP) is 20.9. The summed E-state index contributed by atoms with van der Waals surface area (Å²) in [5, 5.41) is 0. The van der Waals surface area contributed by atoms with Crippen LogP contribution in [0.15, 0.2) is 158 Å². The molecule has 0 aliphatic carbocycles. The molecule has 0 saturated carbocycles. The molecular formula is C70H110O6. The van der Waals surface area contributed by atoms with Crippen LogP contribution in [0, 0.1) is 0 Å². The number of esters is 3. The van der Waals surface area contributed by atoms with E-state index in [-0.39, 0.29) is 37.5 Å². The molecule has 6 nitrogen and oxygen atoms in total. The largest absolute Gasteiger partial charge is 0.462 e. The van der Waals surface area contributed by atoms with Crippen molar-refractivity contribution in [3.8, 4) is 0 Å². The van der Waals surface area contributed by atoms with Gasteiger partial charge in [0.05, 0.1) is 0 Å². The molecule has 76 heavy (non-hydrogen) atoms. The fourth-order valence-corrected chi connectivity index (χ4v) is 7.75. The van der Waals surface area contributed by atoms with Crippen LogP contribution in [-0.4, -0.2) is 37.2 Å². The predicted molar refractivity (Wildman–Crippen MR) is 329 cm³/mol. The Kier molecular flexibility index (Phi) is 58.5. The lowest BCUT2D eigenvalue weighted by Crippen LogP contribution is -2.30. The van der Waals surface area contributed by atoms with Crippen LogP contribution in [-0.2, 0) is 28.6 Å². The average molecular weight is 1050 g/mol. The van der Waals surface area contributed by atoms with Crippen molar-refractivity contribution in [3.05, 3.63) is 158 Å². The van der Waals surface area contributed by atoms with E-state index in [1.54, 1.807) is 0 Å². The first kappa shape index (κ1) is 71.0. The summed E-state index contributed by atoms with van der Waals surface area (Å²) in [4.78, 5) is 38.2. The molecule has 1 unspecified atom stereocenters. The molecule has 1 atom stereocenters. The summed E-state index contributed by atoms with van der Waals surface area (Å²) in [6.45, 7) is 6.32. The van der Waals surface area contributed by atoms with Crippen molar-refractivity contribution < 1.29 is 28.6 Å². The van der Waals surface area contributed by atoms with E-state index in [1.807, 2.05) is 0 Å². The Bertz CT molecular complexity index is 1720. The summed E-state index contributed by atoms with van der Waals surface area (Å²) in [7, 11) is 0. The van der Waals surface area contributed by atoms with Crippen molar-refractivity contribution in [2.75, 3.05) is 13.2 Å².